The van der Waals surface area contributed by atoms with Crippen molar-refractivity contribution in [2.75, 3.05) is 25.6 Å². The van der Waals surface area contributed by atoms with Crippen molar-refractivity contribution in [2.45, 2.75) is 24.5 Å². The second-order valence-corrected chi connectivity index (χ2v) is 5.01. The van der Waals surface area contributed by atoms with Crippen LogP contribution in [0.4, 0.5) is 5.95 Å². The zero-order valence-corrected chi connectivity index (χ0v) is 12.0. The van der Waals surface area contributed by atoms with Gasteiger partial charge in [-0.05, 0) is 0 Å². The standard InChI is InChI=1S/C12H17N5O6/c13-12-15-9-6(10(16-12)22-2-1-18)14-4-17(9)11-8(21)7(20)5(3-19)23-11/h4-5,7-8,11,18-21H,1-3H2,(H2,13,15,16)/t5-,7?,8+,11-/m1/s1. The molecule has 0 amide bonds. The number of ether oxygens (including phenoxy) is 2. The molecule has 23 heavy (non-hydrogen) atoms. The third-order valence-corrected chi connectivity index (χ3v) is 3.53. The summed E-state index contributed by atoms with van der Waals surface area (Å²) in [6.07, 6.45) is -3.09. The fourth-order valence-corrected chi connectivity index (χ4v) is 2.45. The molecule has 2 aromatic heterocycles. The number of hydrogen-bond donors (Lipinski definition) is 5. The highest BCUT2D eigenvalue weighted by molar-refractivity contribution is 5.77. The fourth-order valence-electron chi connectivity index (χ4n) is 2.45. The zero-order valence-electron chi connectivity index (χ0n) is 12.0. The Morgan fingerprint density at radius 2 is 2.04 bits per heavy atom. The summed E-state index contributed by atoms with van der Waals surface area (Å²) >= 11 is 0. The van der Waals surface area contributed by atoms with E-state index in [2.05, 4.69) is 15.0 Å². The Balaban J connectivity index is 2.01. The van der Waals surface area contributed by atoms with Gasteiger partial charge in [0, 0.05) is 0 Å². The van der Waals surface area contributed by atoms with Gasteiger partial charge >= 0.3 is 0 Å². The van der Waals surface area contributed by atoms with Crippen LogP contribution in [0, 0.1) is 0 Å². The molecule has 11 heteroatoms. The highest BCUT2D eigenvalue weighted by Crippen LogP contribution is 2.32. The number of nitrogen functional groups attached to an aromatic ring is 1. The van der Waals surface area contributed by atoms with Gasteiger partial charge in [-0.1, -0.05) is 0 Å². The number of rotatable bonds is 5. The molecule has 3 rings (SSSR count). The lowest BCUT2D eigenvalue weighted by molar-refractivity contribution is -0.0511. The number of anilines is 1. The minimum absolute atomic E-state index is 0.00622. The van der Waals surface area contributed by atoms with Crippen LogP contribution in [0.15, 0.2) is 6.33 Å². The lowest BCUT2D eigenvalue weighted by atomic mass is 10.1. The van der Waals surface area contributed by atoms with Gasteiger partial charge in [-0.3, -0.25) is 4.57 Å². The average molecular weight is 327 g/mol. The van der Waals surface area contributed by atoms with Crippen LogP contribution in [0.1, 0.15) is 6.23 Å². The third kappa shape index (κ3) is 2.68. The molecule has 0 aromatic carbocycles. The van der Waals surface area contributed by atoms with Crippen molar-refractivity contribution < 1.29 is 29.9 Å². The minimum Gasteiger partial charge on any atom is -0.474 e. The van der Waals surface area contributed by atoms with Crippen molar-refractivity contribution in [3.63, 3.8) is 0 Å². The molecular formula is C12H17N5O6. The summed E-state index contributed by atoms with van der Waals surface area (Å²) in [5, 5.41) is 37.9. The summed E-state index contributed by atoms with van der Waals surface area (Å²) < 4.78 is 12.1. The quantitative estimate of drug-likeness (QED) is 0.392. The molecule has 1 aliphatic heterocycles. The second kappa shape index (κ2) is 6.22. The van der Waals surface area contributed by atoms with Crippen molar-refractivity contribution in [1.29, 1.82) is 0 Å². The van der Waals surface area contributed by atoms with E-state index in [1.54, 1.807) is 0 Å². The summed E-state index contributed by atoms with van der Waals surface area (Å²) in [6, 6.07) is 0. The fraction of sp³-hybridized carbons (Fsp3) is 0.583. The summed E-state index contributed by atoms with van der Waals surface area (Å²) in [7, 11) is 0. The monoisotopic (exact) mass is 327 g/mol. The van der Waals surface area contributed by atoms with E-state index in [1.165, 1.54) is 10.9 Å². The molecular weight excluding hydrogens is 310 g/mol. The van der Waals surface area contributed by atoms with Gasteiger partial charge in [-0.25, -0.2) is 4.98 Å². The van der Waals surface area contributed by atoms with E-state index in [0.717, 1.165) is 0 Å². The predicted octanol–water partition coefficient (Wildman–Crippen LogP) is -2.61. The number of fused-ring (bicyclic) bond motifs is 1. The number of nitrogens with zero attached hydrogens (tertiary/aromatic N) is 4. The maximum absolute atomic E-state index is 10.1. The molecule has 0 spiro atoms. The molecule has 4 atom stereocenters. The maximum atomic E-state index is 10.1. The largest absolute Gasteiger partial charge is 0.474 e. The molecule has 6 N–H and O–H groups in total. The van der Waals surface area contributed by atoms with E-state index in [-0.39, 0.29) is 36.2 Å². The average Bonchev–Trinajstić information content (AvgIpc) is 3.07. The summed E-state index contributed by atoms with van der Waals surface area (Å²) in [6.45, 7) is -0.642. The molecule has 0 bridgehead atoms. The smallest absolute Gasteiger partial charge is 0.247 e. The Labute approximate surface area is 129 Å². The molecule has 11 nitrogen and oxygen atoms in total. The maximum Gasteiger partial charge on any atom is 0.247 e. The van der Waals surface area contributed by atoms with Crippen LogP contribution in [-0.2, 0) is 4.74 Å². The Bertz CT molecular complexity index is 694. The Hall–Kier alpha value is -2.05. The van der Waals surface area contributed by atoms with Crippen LogP contribution in [0.5, 0.6) is 5.88 Å². The molecule has 3 heterocycles. The number of hydrogen-bond acceptors (Lipinski definition) is 10. The molecule has 1 aliphatic rings. The number of aliphatic hydroxyl groups is 4. The van der Waals surface area contributed by atoms with E-state index in [1.807, 2.05) is 0 Å². The summed E-state index contributed by atoms with van der Waals surface area (Å²) in [4.78, 5) is 12.1. The van der Waals surface area contributed by atoms with E-state index in [4.69, 9.17) is 25.4 Å². The molecule has 0 aliphatic carbocycles. The number of aliphatic hydroxyl groups excluding tert-OH is 4. The van der Waals surface area contributed by atoms with E-state index in [9.17, 15) is 10.2 Å². The zero-order chi connectivity index (χ0) is 16.6. The molecule has 0 saturated carbocycles. The molecule has 1 saturated heterocycles. The van der Waals surface area contributed by atoms with Gasteiger partial charge in [-0.2, -0.15) is 9.97 Å². The van der Waals surface area contributed by atoms with Crippen molar-refractivity contribution in [1.82, 2.24) is 19.5 Å². The van der Waals surface area contributed by atoms with Crippen LogP contribution in [-0.4, -0.2) is 78.1 Å². The minimum atomic E-state index is -1.28. The SMILES string of the molecule is Nc1nc(OCCO)c2ncn([C@@H]3O[C@H](CO)C(O)[C@@H]3O)c2n1. The highest BCUT2D eigenvalue weighted by atomic mass is 16.6. The Morgan fingerprint density at radius 1 is 1.26 bits per heavy atom. The first kappa shape index (κ1) is 15.8. The topological polar surface area (TPSA) is 169 Å². The molecule has 2 aromatic rings. The van der Waals surface area contributed by atoms with Gasteiger partial charge < -0.3 is 35.6 Å². The van der Waals surface area contributed by atoms with Crippen LogP contribution < -0.4 is 10.5 Å². The molecule has 126 valence electrons. The molecule has 1 fully saturated rings. The Kier molecular flexibility index (Phi) is 4.28. The van der Waals surface area contributed by atoms with Gasteiger partial charge in [0.1, 0.15) is 24.9 Å². The lowest BCUT2D eigenvalue weighted by Gasteiger charge is -2.16. The van der Waals surface area contributed by atoms with Gasteiger partial charge in [0.25, 0.3) is 0 Å². The van der Waals surface area contributed by atoms with E-state index >= 15 is 0 Å². The lowest BCUT2D eigenvalue weighted by Crippen LogP contribution is -2.33. The normalized spacial score (nSPS) is 27.7. The van der Waals surface area contributed by atoms with Crippen LogP contribution in [0.3, 0.4) is 0 Å². The van der Waals surface area contributed by atoms with Crippen LogP contribution in [0.25, 0.3) is 11.2 Å². The van der Waals surface area contributed by atoms with Crippen LogP contribution in [0.2, 0.25) is 0 Å². The molecule has 0 radical (unpaired) electrons. The first-order chi connectivity index (χ1) is 11.1. The van der Waals surface area contributed by atoms with Crippen LogP contribution >= 0.6 is 0 Å². The van der Waals surface area contributed by atoms with Crippen molar-refractivity contribution in [3.8, 4) is 5.88 Å². The van der Waals surface area contributed by atoms with Gasteiger partial charge in [0.05, 0.1) is 19.5 Å². The Morgan fingerprint density at radius 3 is 2.70 bits per heavy atom. The molecule has 1 unspecified atom stereocenters. The van der Waals surface area contributed by atoms with Gasteiger partial charge in [-0.15, -0.1) is 0 Å². The number of imidazole rings is 1. The second-order valence-electron chi connectivity index (χ2n) is 5.01. The first-order valence-electron chi connectivity index (χ1n) is 6.93. The third-order valence-electron chi connectivity index (χ3n) is 3.53. The van der Waals surface area contributed by atoms with E-state index in [0.29, 0.717) is 0 Å². The van der Waals surface area contributed by atoms with Crippen molar-refractivity contribution >= 4 is 17.1 Å². The van der Waals surface area contributed by atoms with Crippen molar-refractivity contribution in [3.05, 3.63) is 6.33 Å². The van der Waals surface area contributed by atoms with E-state index < -0.39 is 31.1 Å². The summed E-state index contributed by atoms with van der Waals surface area (Å²) in [5.74, 6) is 0.00553. The predicted molar refractivity (Wildman–Crippen MR) is 75.3 cm³/mol. The van der Waals surface area contributed by atoms with Crippen molar-refractivity contribution in [2.24, 2.45) is 0 Å². The van der Waals surface area contributed by atoms with Gasteiger partial charge in [0.15, 0.2) is 17.4 Å². The number of nitrogens with two attached hydrogens (primary N) is 1. The van der Waals surface area contributed by atoms with Gasteiger partial charge in [0.2, 0.25) is 11.8 Å². The first-order valence-corrected chi connectivity index (χ1v) is 6.93. The highest BCUT2D eigenvalue weighted by Gasteiger charge is 2.44. The number of aromatic nitrogens is 4. The summed E-state index contributed by atoms with van der Waals surface area (Å²) in [5.41, 5.74) is 6.15.